The molecule has 18 heavy (non-hydrogen) atoms. The molecule has 0 heterocycles. The predicted octanol–water partition coefficient (Wildman–Crippen LogP) is 4.68. The first-order chi connectivity index (χ1) is 8.59. The summed E-state index contributed by atoms with van der Waals surface area (Å²) in [5, 5.41) is 13.3. The Morgan fingerprint density at radius 2 is 1.94 bits per heavy atom. The molecule has 0 aliphatic carbocycles. The van der Waals surface area contributed by atoms with Gasteiger partial charge >= 0.3 is 0 Å². The maximum atomic E-state index is 9.91. The normalized spacial score (nSPS) is 10.4. The zero-order valence-corrected chi connectivity index (χ0v) is 13.6. The van der Waals surface area contributed by atoms with Crippen LogP contribution in [0.1, 0.15) is 11.1 Å². The third-order valence-electron chi connectivity index (χ3n) is 2.81. The highest BCUT2D eigenvalue weighted by atomic mass is 127. The van der Waals surface area contributed by atoms with Crippen molar-refractivity contribution in [3.8, 4) is 5.75 Å². The van der Waals surface area contributed by atoms with Gasteiger partial charge in [0.2, 0.25) is 0 Å². The van der Waals surface area contributed by atoms with Gasteiger partial charge in [-0.25, -0.2) is 0 Å². The molecule has 0 bridgehead atoms. The summed E-state index contributed by atoms with van der Waals surface area (Å²) >= 11 is 5.64. The number of hydrogen-bond acceptors (Lipinski definition) is 2. The minimum atomic E-state index is 0.299. The number of nitrogens with one attached hydrogen (secondary N) is 1. The van der Waals surface area contributed by atoms with Crippen LogP contribution >= 0.6 is 38.5 Å². The standard InChI is InChI=1S/C14H13BrINO/c1-9-12(16)6-3-7-13(9)17-8-10-4-2-5-11(15)14(10)18/h2-7,17-18H,8H2,1H3. The molecule has 2 nitrogen and oxygen atoms in total. The van der Waals surface area contributed by atoms with Crippen molar-refractivity contribution in [1.29, 1.82) is 0 Å². The molecule has 0 radical (unpaired) electrons. The van der Waals surface area contributed by atoms with Crippen molar-refractivity contribution < 1.29 is 5.11 Å². The van der Waals surface area contributed by atoms with Crippen LogP contribution in [0.5, 0.6) is 5.75 Å². The number of halogens is 2. The lowest BCUT2D eigenvalue weighted by Crippen LogP contribution is -2.02. The fourth-order valence-electron chi connectivity index (χ4n) is 1.69. The Kier molecular flexibility index (Phi) is 4.50. The predicted molar refractivity (Wildman–Crippen MR) is 87.0 cm³/mol. The largest absolute Gasteiger partial charge is 0.506 e. The molecule has 0 aromatic heterocycles. The van der Waals surface area contributed by atoms with Crippen LogP contribution in [-0.2, 0) is 6.54 Å². The summed E-state index contributed by atoms with van der Waals surface area (Å²) in [6, 6.07) is 11.8. The molecule has 4 heteroatoms. The van der Waals surface area contributed by atoms with Gasteiger partial charge in [-0.05, 0) is 69.2 Å². The summed E-state index contributed by atoms with van der Waals surface area (Å²) in [6.45, 7) is 2.69. The van der Waals surface area contributed by atoms with Gasteiger partial charge in [0.15, 0.2) is 0 Å². The maximum Gasteiger partial charge on any atom is 0.134 e. The van der Waals surface area contributed by atoms with Crippen LogP contribution in [0.2, 0.25) is 0 Å². The van der Waals surface area contributed by atoms with E-state index < -0.39 is 0 Å². The summed E-state index contributed by atoms with van der Waals surface area (Å²) in [6.07, 6.45) is 0. The van der Waals surface area contributed by atoms with Crippen molar-refractivity contribution in [2.75, 3.05) is 5.32 Å². The zero-order valence-electron chi connectivity index (χ0n) is 9.87. The van der Waals surface area contributed by atoms with Crippen molar-refractivity contribution in [3.05, 3.63) is 55.6 Å². The molecule has 2 rings (SSSR count). The SMILES string of the molecule is Cc1c(I)cccc1NCc1cccc(Br)c1O. The van der Waals surface area contributed by atoms with Crippen molar-refractivity contribution >= 4 is 44.2 Å². The molecule has 94 valence electrons. The molecule has 2 aromatic carbocycles. The monoisotopic (exact) mass is 417 g/mol. The van der Waals surface area contributed by atoms with Crippen LogP contribution in [0.4, 0.5) is 5.69 Å². The summed E-state index contributed by atoms with van der Waals surface area (Å²) in [5.74, 6) is 0.299. The number of benzene rings is 2. The van der Waals surface area contributed by atoms with Crippen LogP contribution in [0.25, 0.3) is 0 Å². The van der Waals surface area contributed by atoms with E-state index in [9.17, 15) is 5.11 Å². The van der Waals surface area contributed by atoms with Gasteiger partial charge < -0.3 is 10.4 Å². The highest BCUT2D eigenvalue weighted by Crippen LogP contribution is 2.28. The quantitative estimate of drug-likeness (QED) is 0.710. The third kappa shape index (κ3) is 2.98. The van der Waals surface area contributed by atoms with E-state index in [-0.39, 0.29) is 0 Å². The van der Waals surface area contributed by atoms with Gasteiger partial charge in [0.05, 0.1) is 4.47 Å². The van der Waals surface area contributed by atoms with Gasteiger partial charge in [-0.3, -0.25) is 0 Å². The van der Waals surface area contributed by atoms with Crippen LogP contribution in [0, 0.1) is 10.5 Å². The smallest absolute Gasteiger partial charge is 0.134 e. The van der Waals surface area contributed by atoms with E-state index in [1.807, 2.05) is 30.3 Å². The highest BCUT2D eigenvalue weighted by molar-refractivity contribution is 14.1. The number of phenolic OH excluding ortho intramolecular Hbond substituents is 1. The second kappa shape index (κ2) is 5.93. The zero-order chi connectivity index (χ0) is 13.1. The molecular weight excluding hydrogens is 405 g/mol. The molecule has 2 N–H and O–H groups in total. The first-order valence-electron chi connectivity index (χ1n) is 5.55. The van der Waals surface area contributed by atoms with E-state index in [1.165, 1.54) is 9.13 Å². The molecule has 0 atom stereocenters. The van der Waals surface area contributed by atoms with Crippen molar-refractivity contribution in [1.82, 2.24) is 0 Å². The minimum Gasteiger partial charge on any atom is -0.506 e. The Labute approximate surface area is 129 Å². The molecule has 0 amide bonds. The molecule has 0 unspecified atom stereocenters. The fraction of sp³-hybridized carbons (Fsp3) is 0.143. The van der Waals surface area contributed by atoms with E-state index in [2.05, 4.69) is 56.8 Å². The molecule has 2 aromatic rings. The second-order valence-corrected chi connectivity index (χ2v) is 6.03. The Balaban J connectivity index is 2.17. The number of rotatable bonds is 3. The lowest BCUT2D eigenvalue weighted by atomic mass is 10.1. The van der Waals surface area contributed by atoms with Gasteiger partial charge in [-0.15, -0.1) is 0 Å². The third-order valence-corrected chi connectivity index (χ3v) is 4.62. The van der Waals surface area contributed by atoms with E-state index in [4.69, 9.17) is 0 Å². The van der Waals surface area contributed by atoms with Gasteiger partial charge in [0.25, 0.3) is 0 Å². The highest BCUT2D eigenvalue weighted by Gasteiger charge is 2.06. The Morgan fingerprint density at radius 3 is 2.72 bits per heavy atom. The number of anilines is 1. The second-order valence-electron chi connectivity index (χ2n) is 4.01. The first kappa shape index (κ1) is 13.7. The number of aromatic hydroxyl groups is 1. The maximum absolute atomic E-state index is 9.91. The summed E-state index contributed by atoms with van der Waals surface area (Å²) in [5.41, 5.74) is 3.21. The first-order valence-corrected chi connectivity index (χ1v) is 7.42. The van der Waals surface area contributed by atoms with Crippen LogP contribution in [0.3, 0.4) is 0 Å². The lowest BCUT2D eigenvalue weighted by molar-refractivity contribution is 0.465. The van der Waals surface area contributed by atoms with E-state index in [0.717, 1.165) is 15.7 Å². The van der Waals surface area contributed by atoms with Crippen molar-refractivity contribution in [2.24, 2.45) is 0 Å². The summed E-state index contributed by atoms with van der Waals surface area (Å²) < 4.78 is 1.96. The van der Waals surface area contributed by atoms with Crippen LogP contribution in [0.15, 0.2) is 40.9 Å². The molecule has 0 fully saturated rings. The van der Waals surface area contributed by atoms with E-state index in [1.54, 1.807) is 0 Å². The number of hydrogen-bond donors (Lipinski definition) is 2. The lowest BCUT2D eigenvalue weighted by Gasteiger charge is -2.12. The summed E-state index contributed by atoms with van der Waals surface area (Å²) in [4.78, 5) is 0. The van der Waals surface area contributed by atoms with E-state index in [0.29, 0.717) is 12.3 Å². The van der Waals surface area contributed by atoms with Crippen LogP contribution < -0.4 is 5.32 Å². The van der Waals surface area contributed by atoms with Crippen LogP contribution in [-0.4, -0.2) is 5.11 Å². The molecule has 0 aliphatic rings. The van der Waals surface area contributed by atoms with Gasteiger partial charge in [-0.1, -0.05) is 18.2 Å². The fourth-order valence-corrected chi connectivity index (χ4v) is 2.60. The molecule has 0 spiro atoms. The number of para-hydroxylation sites is 1. The topological polar surface area (TPSA) is 32.3 Å². The van der Waals surface area contributed by atoms with E-state index >= 15 is 0 Å². The Hall–Kier alpha value is -0.750. The van der Waals surface area contributed by atoms with Crippen molar-refractivity contribution in [2.45, 2.75) is 13.5 Å². The van der Waals surface area contributed by atoms with Crippen molar-refractivity contribution in [3.63, 3.8) is 0 Å². The van der Waals surface area contributed by atoms with Gasteiger partial charge in [0.1, 0.15) is 5.75 Å². The Morgan fingerprint density at radius 1 is 1.22 bits per heavy atom. The average molecular weight is 418 g/mol. The Bertz CT molecular complexity index is 520. The molecule has 0 saturated heterocycles. The average Bonchev–Trinajstić information content (AvgIpc) is 2.36. The molecule has 0 aliphatic heterocycles. The van der Waals surface area contributed by atoms with Gasteiger partial charge in [-0.2, -0.15) is 0 Å². The van der Waals surface area contributed by atoms with Gasteiger partial charge in [0, 0.05) is 21.4 Å². The minimum absolute atomic E-state index is 0.299. The summed E-state index contributed by atoms with van der Waals surface area (Å²) in [7, 11) is 0. The number of phenols is 1. The molecular formula is C14H13BrINO. The molecule has 0 saturated carbocycles.